The van der Waals surface area contributed by atoms with Gasteiger partial charge in [-0.15, -0.1) is 0 Å². The lowest BCUT2D eigenvalue weighted by atomic mass is 10.2. The summed E-state index contributed by atoms with van der Waals surface area (Å²) in [6, 6.07) is 7.49. The number of hydrogen-bond donors (Lipinski definition) is 2. The highest BCUT2D eigenvalue weighted by Crippen LogP contribution is 2.06. The smallest absolute Gasteiger partial charge is 0.234 e. The van der Waals surface area contributed by atoms with Crippen LogP contribution in [0.5, 0.6) is 0 Å². The van der Waals surface area contributed by atoms with Crippen LogP contribution in [0.1, 0.15) is 18.7 Å². The molecule has 0 aliphatic carbocycles. The summed E-state index contributed by atoms with van der Waals surface area (Å²) in [7, 11) is 0. The third kappa shape index (κ3) is 4.07. The Morgan fingerprint density at radius 1 is 1.62 bits per heavy atom. The Labute approximate surface area is 94.5 Å². The molecule has 0 radical (unpaired) electrons. The molecule has 0 saturated carbocycles. The number of rotatable bonds is 5. The molecule has 5 nitrogen and oxygen atoms in total. The molecule has 2 N–H and O–H groups in total. The number of amides is 1. The van der Waals surface area contributed by atoms with E-state index in [1.807, 2.05) is 31.2 Å². The van der Waals surface area contributed by atoms with Gasteiger partial charge in [0.05, 0.1) is 18.3 Å². The maximum atomic E-state index is 11.2. The van der Waals surface area contributed by atoms with Crippen molar-refractivity contribution in [1.82, 2.24) is 15.6 Å². The lowest BCUT2D eigenvalue weighted by Crippen LogP contribution is -2.35. The number of nitrogens with zero attached hydrogens (tertiary/aromatic N) is 2. The highest BCUT2D eigenvalue weighted by molar-refractivity contribution is 5.78. The molecule has 1 aromatic heterocycles. The number of pyridine rings is 1. The number of carbonyl (C=O) groups excluding carboxylic acids is 1. The van der Waals surface area contributed by atoms with E-state index in [1.165, 1.54) is 0 Å². The molecule has 1 aromatic rings. The Morgan fingerprint density at radius 3 is 3.06 bits per heavy atom. The zero-order chi connectivity index (χ0) is 11.8. The summed E-state index contributed by atoms with van der Waals surface area (Å²) in [5.41, 5.74) is 0.885. The number of carbonyl (C=O) groups is 1. The van der Waals surface area contributed by atoms with Gasteiger partial charge >= 0.3 is 0 Å². The van der Waals surface area contributed by atoms with E-state index in [2.05, 4.69) is 15.6 Å². The Kier molecular flexibility index (Phi) is 4.96. The SMILES string of the molecule is C[C@@H](NCC(=O)NCC#N)c1ccccn1. The summed E-state index contributed by atoms with van der Waals surface area (Å²) in [5, 5.41) is 13.8. The van der Waals surface area contributed by atoms with Gasteiger partial charge in [-0.1, -0.05) is 6.07 Å². The third-order valence-corrected chi connectivity index (χ3v) is 2.06. The quantitative estimate of drug-likeness (QED) is 0.700. The molecule has 1 atom stereocenters. The number of aromatic nitrogens is 1. The molecule has 84 valence electrons. The van der Waals surface area contributed by atoms with Gasteiger partial charge < -0.3 is 10.6 Å². The zero-order valence-electron chi connectivity index (χ0n) is 9.10. The van der Waals surface area contributed by atoms with E-state index < -0.39 is 0 Å². The minimum absolute atomic E-state index is 0.00837. The normalized spacial score (nSPS) is 11.5. The van der Waals surface area contributed by atoms with Gasteiger partial charge in [0.25, 0.3) is 0 Å². The fourth-order valence-electron chi connectivity index (χ4n) is 1.18. The number of nitrogens with one attached hydrogen (secondary N) is 2. The molecule has 0 aromatic carbocycles. The minimum Gasteiger partial charge on any atom is -0.342 e. The Hall–Kier alpha value is -1.93. The summed E-state index contributed by atoms with van der Waals surface area (Å²) < 4.78 is 0. The van der Waals surface area contributed by atoms with Gasteiger partial charge in [-0.05, 0) is 19.1 Å². The molecule has 1 rings (SSSR count). The summed E-state index contributed by atoms with van der Waals surface area (Å²) in [6.45, 7) is 2.15. The first-order valence-electron chi connectivity index (χ1n) is 5.02. The van der Waals surface area contributed by atoms with Crippen molar-refractivity contribution < 1.29 is 4.79 Å². The van der Waals surface area contributed by atoms with Crippen LogP contribution in [0.3, 0.4) is 0 Å². The molecule has 16 heavy (non-hydrogen) atoms. The lowest BCUT2D eigenvalue weighted by Gasteiger charge is -2.12. The molecule has 0 aliphatic rings. The van der Waals surface area contributed by atoms with Crippen molar-refractivity contribution in [3.8, 4) is 6.07 Å². The fraction of sp³-hybridized carbons (Fsp3) is 0.364. The van der Waals surface area contributed by atoms with Gasteiger partial charge in [-0.3, -0.25) is 9.78 Å². The van der Waals surface area contributed by atoms with Gasteiger partial charge in [-0.25, -0.2) is 0 Å². The molecule has 1 heterocycles. The van der Waals surface area contributed by atoms with Crippen molar-refractivity contribution in [3.63, 3.8) is 0 Å². The Bertz CT molecular complexity index is 371. The van der Waals surface area contributed by atoms with E-state index >= 15 is 0 Å². The van der Waals surface area contributed by atoms with Gasteiger partial charge in [0.15, 0.2) is 0 Å². The van der Waals surface area contributed by atoms with Crippen molar-refractivity contribution in [2.45, 2.75) is 13.0 Å². The highest BCUT2D eigenvalue weighted by Gasteiger charge is 2.07. The van der Waals surface area contributed by atoms with Crippen molar-refractivity contribution in [1.29, 1.82) is 5.26 Å². The molecular weight excluding hydrogens is 204 g/mol. The molecule has 0 unspecified atom stereocenters. The van der Waals surface area contributed by atoms with Crippen LogP contribution in [-0.2, 0) is 4.79 Å². The van der Waals surface area contributed by atoms with E-state index in [0.717, 1.165) is 5.69 Å². The molecule has 0 aliphatic heterocycles. The first-order valence-corrected chi connectivity index (χ1v) is 5.02. The van der Waals surface area contributed by atoms with Crippen molar-refractivity contribution >= 4 is 5.91 Å². The van der Waals surface area contributed by atoms with Crippen LogP contribution in [0, 0.1) is 11.3 Å². The van der Waals surface area contributed by atoms with Crippen LogP contribution < -0.4 is 10.6 Å². The van der Waals surface area contributed by atoms with E-state index in [-0.39, 0.29) is 25.0 Å². The van der Waals surface area contributed by atoms with Gasteiger partial charge in [0.1, 0.15) is 6.54 Å². The highest BCUT2D eigenvalue weighted by atomic mass is 16.1. The molecule has 0 fully saturated rings. The molecule has 5 heteroatoms. The average molecular weight is 218 g/mol. The summed E-state index contributed by atoms with van der Waals surface area (Å²) >= 11 is 0. The second-order valence-corrected chi connectivity index (χ2v) is 3.29. The summed E-state index contributed by atoms with van der Waals surface area (Å²) in [4.78, 5) is 15.4. The summed E-state index contributed by atoms with van der Waals surface area (Å²) in [5.74, 6) is -0.190. The molecule has 0 spiro atoms. The van der Waals surface area contributed by atoms with E-state index in [1.54, 1.807) is 6.20 Å². The maximum Gasteiger partial charge on any atom is 0.234 e. The Balaban J connectivity index is 2.33. The maximum absolute atomic E-state index is 11.2. The molecular formula is C11H14N4O. The standard InChI is InChI=1S/C11H14N4O/c1-9(10-4-2-3-6-13-10)15-8-11(16)14-7-5-12/h2-4,6,9,15H,7-8H2,1H3,(H,14,16)/t9-/m1/s1. The predicted octanol–water partition coefficient (Wildman–Crippen LogP) is 0.372. The fourth-order valence-corrected chi connectivity index (χ4v) is 1.18. The largest absolute Gasteiger partial charge is 0.342 e. The summed E-state index contributed by atoms with van der Waals surface area (Å²) in [6.07, 6.45) is 1.71. The van der Waals surface area contributed by atoms with Crippen molar-refractivity contribution in [2.75, 3.05) is 13.1 Å². The number of nitriles is 1. The van der Waals surface area contributed by atoms with E-state index in [0.29, 0.717) is 0 Å². The van der Waals surface area contributed by atoms with E-state index in [9.17, 15) is 4.79 Å². The van der Waals surface area contributed by atoms with Crippen LogP contribution in [0.4, 0.5) is 0 Å². The van der Waals surface area contributed by atoms with Crippen LogP contribution in [0.15, 0.2) is 24.4 Å². The van der Waals surface area contributed by atoms with Crippen molar-refractivity contribution in [3.05, 3.63) is 30.1 Å². The van der Waals surface area contributed by atoms with Crippen LogP contribution in [-0.4, -0.2) is 24.0 Å². The van der Waals surface area contributed by atoms with Gasteiger partial charge in [0.2, 0.25) is 5.91 Å². The van der Waals surface area contributed by atoms with Crippen LogP contribution in [0.25, 0.3) is 0 Å². The second-order valence-electron chi connectivity index (χ2n) is 3.29. The van der Waals surface area contributed by atoms with Crippen LogP contribution >= 0.6 is 0 Å². The van der Waals surface area contributed by atoms with Crippen LogP contribution in [0.2, 0.25) is 0 Å². The molecule has 0 bridgehead atoms. The topological polar surface area (TPSA) is 77.8 Å². The Morgan fingerprint density at radius 2 is 2.44 bits per heavy atom. The lowest BCUT2D eigenvalue weighted by molar-refractivity contribution is -0.120. The zero-order valence-corrected chi connectivity index (χ0v) is 9.10. The average Bonchev–Trinajstić information content (AvgIpc) is 2.34. The predicted molar refractivity (Wildman–Crippen MR) is 59.3 cm³/mol. The van der Waals surface area contributed by atoms with Gasteiger partial charge in [-0.2, -0.15) is 5.26 Å². The minimum atomic E-state index is -0.190. The monoisotopic (exact) mass is 218 g/mol. The van der Waals surface area contributed by atoms with E-state index in [4.69, 9.17) is 5.26 Å². The number of hydrogen-bond acceptors (Lipinski definition) is 4. The van der Waals surface area contributed by atoms with Gasteiger partial charge in [0, 0.05) is 12.2 Å². The molecule has 1 amide bonds. The van der Waals surface area contributed by atoms with Crippen molar-refractivity contribution in [2.24, 2.45) is 0 Å². The second kappa shape index (κ2) is 6.53. The first-order chi connectivity index (χ1) is 7.74. The molecule has 0 saturated heterocycles. The first kappa shape index (κ1) is 12.1. The third-order valence-electron chi connectivity index (χ3n) is 2.06.